The van der Waals surface area contributed by atoms with E-state index in [4.69, 9.17) is 5.73 Å². The van der Waals surface area contributed by atoms with Crippen molar-refractivity contribution in [2.75, 3.05) is 0 Å². The highest BCUT2D eigenvalue weighted by atomic mass is 32.2. The van der Waals surface area contributed by atoms with Crippen LogP contribution < -0.4 is 5.73 Å². The third kappa shape index (κ3) is 3.10. The van der Waals surface area contributed by atoms with Crippen molar-refractivity contribution >= 4 is 11.8 Å². The number of aromatic nitrogens is 3. The zero-order valence-corrected chi connectivity index (χ0v) is 9.01. The summed E-state index contributed by atoms with van der Waals surface area (Å²) in [7, 11) is 1.58. The third-order valence-electron chi connectivity index (χ3n) is 1.70. The molecule has 4 nitrogen and oxygen atoms in total. The quantitative estimate of drug-likeness (QED) is 0.806. The van der Waals surface area contributed by atoms with Gasteiger partial charge >= 0.3 is 6.18 Å². The molecule has 15 heavy (non-hydrogen) atoms. The highest BCUT2D eigenvalue weighted by molar-refractivity contribution is 7.99. The van der Waals surface area contributed by atoms with Crippen LogP contribution in [-0.2, 0) is 7.05 Å². The van der Waals surface area contributed by atoms with E-state index in [-0.39, 0.29) is 5.16 Å². The Morgan fingerprint density at radius 3 is 2.47 bits per heavy atom. The van der Waals surface area contributed by atoms with Gasteiger partial charge in [-0.1, -0.05) is 11.8 Å². The SMILES string of the molecule is CC(N)C(Sc1nncn1C)C(F)(F)F. The number of halogens is 3. The standard InChI is InChI=1S/C7H11F3N4S/c1-4(11)5(7(8,9)10)15-6-13-12-3-14(6)2/h3-5H,11H2,1-2H3. The molecule has 1 heterocycles. The van der Waals surface area contributed by atoms with Crippen molar-refractivity contribution in [1.29, 1.82) is 0 Å². The van der Waals surface area contributed by atoms with E-state index in [1.165, 1.54) is 17.8 Å². The second-order valence-corrected chi connectivity index (χ2v) is 4.27. The second-order valence-electron chi connectivity index (χ2n) is 3.16. The Morgan fingerprint density at radius 2 is 2.13 bits per heavy atom. The van der Waals surface area contributed by atoms with Gasteiger partial charge in [0, 0.05) is 13.1 Å². The van der Waals surface area contributed by atoms with Crippen LogP contribution in [0.2, 0.25) is 0 Å². The smallest absolute Gasteiger partial charge is 0.327 e. The lowest BCUT2D eigenvalue weighted by atomic mass is 10.2. The van der Waals surface area contributed by atoms with Crippen molar-refractivity contribution in [3.8, 4) is 0 Å². The maximum atomic E-state index is 12.5. The number of rotatable bonds is 3. The zero-order valence-electron chi connectivity index (χ0n) is 8.19. The zero-order chi connectivity index (χ0) is 11.6. The number of alkyl halides is 3. The number of aryl methyl sites for hydroxylation is 1. The molecule has 8 heteroatoms. The predicted octanol–water partition coefficient (Wildman–Crippen LogP) is 1.19. The Hall–Kier alpha value is -0.760. The van der Waals surface area contributed by atoms with Crippen LogP contribution in [0.25, 0.3) is 0 Å². The Labute approximate surface area is 89.0 Å². The number of nitrogens with two attached hydrogens (primary N) is 1. The van der Waals surface area contributed by atoms with Crippen molar-refractivity contribution in [2.24, 2.45) is 12.8 Å². The number of thioether (sulfide) groups is 1. The van der Waals surface area contributed by atoms with Crippen LogP contribution in [0.4, 0.5) is 13.2 Å². The number of hydrogen-bond acceptors (Lipinski definition) is 4. The fraction of sp³-hybridized carbons (Fsp3) is 0.714. The largest absolute Gasteiger partial charge is 0.402 e. The molecular weight excluding hydrogens is 229 g/mol. The number of nitrogens with zero attached hydrogens (tertiary/aromatic N) is 3. The Bertz CT molecular complexity index is 322. The van der Waals surface area contributed by atoms with Gasteiger partial charge in [0.05, 0.1) is 0 Å². The highest BCUT2D eigenvalue weighted by Crippen LogP contribution is 2.35. The summed E-state index contributed by atoms with van der Waals surface area (Å²) in [4.78, 5) is 0. The average molecular weight is 240 g/mol. The first kappa shape index (κ1) is 12.3. The lowest BCUT2D eigenvalue weighted by Crippen LogP contribution is -2.40. The average Bonchev–Trinajstić information content (AvgIpc) is 2.44. The van der Waals surface area contributed by atoms with Crippen LogP contribution >= 0.6 is 11.8 Å². The van der Waals surface area contributed by atoms with E-state index in [9.17, 15) is 13.2 Å². The summed E-state index contributed by atoms with van der Waals surface area (Å²) in [6, 6.07) is -0.994. The first-order valence-electron chi connectivity index (χ1n) is 4.15. The van der Waals surface area contributed by atoms with Gasteiger partial charge in [0.2, 0.25) is 0 Å². The minimum Gasteiger partial charge on any atom is -0.327 e. The van der Waals surface area contributed by atoms with Gasteiger partial charge in [-0.3, -0.25) is 0 Å². The minimum absolute atomic E-state index is 0.203. The van der Waals surface area contributed by atoms with Gasteiger partial charge in [0.1, 0.15) is 11.6 Å². The van der Waals surface area contributed by atoms with Crippen molar-refractivity contribution in [2.45, 2.75) is 29.5 Å². The van der Waals surface area contributed by atoms with Crippen molar-refractivity contribution in [1.82, 2.24) is 14.8 Å². The molecule has 0 radical (unpaired) electrons. The third-order valence-corrected chi connectivity index (χ3v) is 3.23. The molecular formula is C7H11F3N4S. The van der Waals surface area contributed by atoms with Gasteiger partial charge in [0.25, 0.3) is 0 Å². The van der Waals surface area contributed by atoms with Gasteiger partial charge in [-0.05, 0) is 6.92 Å². The minimum atomic E-state index is -4.34. The first-order chi connectivity index (χ1) is 6.82. The van der Waals surface area contributed by atoms with Crippen LogP contribution in [0.5, 0.6) is 0 Å². The maximum Gasteiger partial charge on any atom is 0.402 e. The molecule has 0 aromatic carbocycles. The fourth-order valence-electron chi connectivity index (χ4n) is 0.965. The van der Waals surface area contributed by atoms with Crippen LogP contribution in [0, 0.1) is 0 Å². The van der Waals surface area contributed by atoms with E-state index >= 15 is 0 Å². The van der Waals surface area contributed by atoms with Crippen molar-refractivity contribution < 1.29 is 13.2 Å². The summed E-state index contributed by atoms with van der Waals surface area (Å²) < 4.78 is 39.0. The molecule has 0 saturated carbocycles. The summed E-state index contributed by atoms with van der Waals surface area (Å²) in [5.74, 6) is 0. The van der Waals surface area contributed by atoms with E-state index in [1.54, 1.807) is 7.05 Å². The van der Waals surface area contributed by atoms with E-state index in [2.05, 4.69) is 10.2 Å². The fourth-order valence-corrected chi connectivity index (χ4v) is 1.85. The Balaban J connectivity index is 2.81. The molecule has 2 unspecified atom stereocenters. The maximum absolute atomic E-state index is 12.5. The molecule has 0 saturated heterocycles. The summed E-state index contributed by atoms with van der Waals surface area (Å²) in [5.41, 5.74) is 5.29. The van der Waals surface area contributed by atoms with Crippen molar-refractivity contribution in [3.63, 3.8) is 0 Å². The summed E-state index contributed by atoms with van der Waals surface area (Å²) in [6.07, 6.45) is -3.00. The topological polar surface area (TPSA) is 56.7 Å². The van der Waals surface area contributed by atoms with Gasteiger partial charge < -0.3 is 10.3 Å². The second kappa shape index (κ2) is 4.40. The summed E-state index contributed by atoms with van der Waals surface area (Å²) in [6.45, 7) is 1.32. The summed E-state index contributed by atoms with van der Waals surface area (Å²) in [5, 5.41) is 5.61. The molecule has 0 aliphatic rings. The van der Waals surface area contributed by atoms with Crippen LogP contribution in [0.15, 0.2) is 11.5 Å². The molecule has 1 aromatic heterocycles. The molecule has 2 N–H and O–H groups in total. The monoisotopic (exact) mass is 240 g/mol. The molecule has 86 valence electrons. The lowest BCUT2D eigenvalue weighted by molar-refractivity contribution is -0.131. The van der Waals surface area contributed by atoms with Gasteiger partial charge in [-0.15, -0.1) is 10.2 Å². The number of hydrogen-bond donors (Lipinski definition) is 1. The summed E-state index contributed by atoms with van der Waals surface area (Å²) >= 11 is 0.576. The molecule has 0 aliphatic carbocycles. The molecule has 1 aromatic rings. The van der Waals surface area contributed by atoms with Gasteiger partial charge in [0.15, 0.2) is 5.16 Å². The molecule has 0 fully saturated rings. The van der Waals surface area contributed by atoms with Crippen LogP contribution in [0.3, 0.4) is 0 Å². The van der Waals surface area contributed by atoms with Crippen LogP contribution in [-0.4, -0.2) is 32.2 Å². The highest BCUT2D eigenvalue weighted by Gasteiger charge is 2.43. The predicted molar refractivity (Wildman–Crippen MR) is 50.4 cm³/mol. The first-order valence-corrected chi connectivity index (χ1v) is 5.03. The van der Waals surface area contributed by atoms with E-state index in [0.29, 0.717) is 11.8 Å². The van der Waals surface area contributed by atoms with Gasteiger partial charge in [-0.2, -0.15) is 13.2 Å². The Morgan fingerprint density at radius 1 is 1.53 bits per heavy atom. The van der Waals surface area contributed by atoms with Crippen molar-refractivity contribution in [3.05, 3.63) is 6.33 Å². The van der Waals surface area contributed by atoms with Crippen LogP contribution in [0.1, 0.15) is 6.92 Å². The van der Waals surface area contributed by atoms with E-state index in [0.717, 1.165) is 0 Å². The lowest BCUT2D eigenvalue weighted by Gasteiger charge is -2.22. The molecule has 1 rings (SSSR count). The molecule has 0 aliphatic heterocycles. The molecule has 0 amide bonds. The molecule has 0 spiro atoms. The Kier molecular flexibility index (Phi) is 3.61. The van der Waals surface area contributed by atoms with Gasteiger partial charge in [-0.25, -0.2) is 0 Å². The van der Waals surface area contributed by atoms with E-state index < -0.39 is 17.5 Å². The normalized spacial score (nSPS) is 16.4. The molecule has 2 atom stereocenters. The van der Waals surface area contributed by atoms with E-state index in [1.807, 2.05) is 0 Å². The molecule has 0 bridgehead atoms.